The van der Waals surface area contributed by atoms with Crippen LogP contribution in [0.25, 0.3) is 22.8 Å². The highest BCUT2D eigenvalue weighted by atomic mass is 19.4. The second kappa shape index (κ2) is 10.3. The molecule has 0 saturated carbocycles. The minimum Gasteiger partial charge on any atom is -0.366 e. The van der Waals surface area contributed by atoms with E-state index >= 15 is 4.39 Å². The Balaban J connectivity index is 1.44. The number of rotatable bonds is 7. The van der Waals surface area contributed by atoms with E-state index in [1.54, 1.807) is 38.1 Å². The third-order valence-electron chi connectivity index (χ3n) is 7.15. The van der Waals surface area contributed by atoms with Crippen LogP contribution in [0, 0.1) is 0 Å². The molecule has 40 heavy (non-hydrogen) atoms. The van der Waals surface area contributed by atoms with Crippen molar-refractivity contribution in [3.8, 4) is 22.8 Å². The molecular formula is C30H31F4N5O. The van der Waals surface area contributed by atoms with Gasteiger partial charge in [0.25, 0.3) is 5.85 Å². The smallest absolute Gasteiger partial charge is 0.366 e. The first-order valence-corrected chi connectivity index (χ1v) is 13.3. The first-order chi connectivity index (χ1) is 18.8. The average molecular weight is 554 g/mol. The summed E-state index contributed by atoms with van der Waals surface area (Å²) in [5, 5.41) is 13.7. The van der Waals surface area contributed by atoms with Gasteiger partial charge in [-0.15, -0.1) is 0 Å². The van der Waals surface area contributed by atoms with Crippen LogP contribution in [-0.4, -0.2) is 24.6 Å². The molecule has 5 rings (SSSR count). The highest BCUT2D eigenvalue weighted by molar-refractivity contribution is 5.65. The van der Waals surface area contributed by atoms with Crippen molar-refractivity contribution < 1.29 is 22.7 Å². The molecule has 1 unspecified atom stereocenters. The molecule has 2 aromatic heterocycles. The molecule has 0 aliphatic heterocycles. The lowest BCUT2D eigenvalue weighted by Crippen LogP contribution is -2.18. The number of fused-ring (bicyclic) bond motifs is 1. The number of aromatic nitrogens is 4. The van der Waals surface area contributed by atoms with Gasteiger partial charge >= 0.3 is 6.18 Å². The van der Waals surface area contributed by atoms with Crippen molar-refractivity contribution >= 4 is 5.82 Å². The molecule has 1 atom stereocenters. The summed E-state index contributed by atoms with van der Waals surface area (Å²) in [5.74, 6) is -1.33. The van der Waals surface area contributed by atoms with Crippen LogP contribution in [0.15, 0.2) is 54.7 Å². The maximum absolute atomic E-state index is 15.0. The van der Waals surface area contributed by atoms with E-state index in [9.17, 15) is 18.3 Å². The molecule has 2 aromatic carbocycles. The summed E-state index contributed by atoms with van der Waals surface area (Å²) in [6, 6.07) is 14.5. The fourth-order valence-corrected chi connectivity index (χ4v) is 5.01. The SMILES string of the molecule is CC(C)c1ccccc1-c1nc(NCc2ccc(-c3nc(C(F)(F)F)cn3C(C)C)cc2)c2c(n1)C(O)(F)CC2. The predicted molar refractivity (Wildman–Crippen MR) is 145 cm³/mol. The van der Waals surface area contributed by atoms with Crippen LogP contribution in [0.1, 0.15) is 74.2 Å². The fraction of sp³-hybridized carbons (Fsp3) is 0.367. The van der Waals surface area contributed by atoms with Gasteiger partial charge in [-0.2, -0.15) is 13.2 Å². The van der Waals surface area contributed by atoms with Gasteiger partial charge < -0.3 is 15.0 Å². The lowest BCUT2D eigenvalue weighted by Gasteiger charge is -2.18. The van der Waals surface area contributed by atoms with Gasteiger partial charge in [0, 0.05) is 41.9 Å². The fourth-order valence-electron chi connectivity index (χ4n) is 5.01. The Hall–Kier alpha value is -3.79. The van der Waals surface area contributed by atoms with Gasteiger partial charge in [-0.25, -0.2) is 19.3 Å². The summed E-state index contributed by atoms with van der Waals surface area (Å²) in [5.41, 5.74) is 2.77. The summed E-state index contributed by atoms with van der Waals surface area (Å²) < 4.78 is 56.4. The first-order valence-electron chi connectivity index (χ1n) is 13.3. The van der Waals surface area contributed by atoms with Crippen LogP contribution >= 0.6 is 0 Å². The summed E-state index contributed by atoms with van der Waals surface area (Å²) in [4.78, 5) is 13.0. The van der Waals surface area contributed by atoms with Crippen molar-refractivity contribution in [2.75, 3.05) is 5.32 Å². The number of nitrogens with zero attached hydrogens (tertiary/aromatic N) is 4. The maximum atomic E-state index is 15.0. The first kappa shape index (κ1) is 27.8. The van der Waals surface area contributed by atoms with Gasteiger partial charge in [0.1, 0.15) is 17.3 Å². The maximum Gasteiger partial charge on any atom is 0.434 e. The Labute approximate surface area is 230 Å². The molecule has 1 aliphatic rings. The van der Waals surface area contributed by atoms with Gasteiger partial charge in [-0.05, 0) is 37.3 Å². The molecule has 0 saturated heterocycles. The number of alkyl halides is 4. The second-order valence-corrected chi connectivity index (χ2v) is 10.7. The van der Waals surface area contributed by atoms with Crippen molar-refractivity contribution in [1.29, 1.82) is 0 Å². The number of imidazole rings is 1. The highest BCUT2D eigenvalue weighted by Gasteiger charge is 2.41. The highest BCUT2D eigenvalue weighted by Crippen LogP contribution is 2.41. The molecule has 0 bridgehead atoms. The summed E-state index contributed by atoms with van der Waals surface area (Å²) in [7, 11) is 0. The second-order valence-electron chi connectivity index (χ2n) is 10.7. The standard InChI is InChI=1S/C30H31F4N5O/c1-17(2)21-7-5-6-8-22(21)27-37-25-23(13-14-29(25,31)40)26(38-27)35-15-19-9-11-20(12-10-19)28-36-24(30(32,33)34)16-39(28)18(3)4/h5-12,16-18,40H,13-15H2,1-4H3,(H,35,37,38). The summed E-state index contributed by atoms with van der Waals surface area (Å²) in [6.45, 7) is 8.04. The lowest BCUT2D eigenvalue weighted by molar-refractivity contribution is -0.140. The van der Waals surface area contributed by atoms with E-state index in [4.69, 9.17) is 4.98 Å². The molecule has 0 radical (unpaired) electrons. The molecule has 0 amide bonds. The molecule has 10 heteroatoms. The Morgan fingerprint density at radius 1 is 1.00 bits per heavy atom. The Morgan fingerprint density at radius 2 is 1.70 bits per heavy atom. The number of nitrogens with one attached hydrogen (secondary N) is 1. The van der Waals surface area contributed by atoms with E-state index in [1.165, 1.54) is 4.57 Å². The van der Waals surface area contributed by atoms with E-state index in [-0.39, 0.29) is 36.3 Å². The van der Waals surface area contributed by atoms with Gasteiger partial charge in [0.05, 0.1) is 0 Å². The average Bonchev–Trinajstić information content (AvgIpc) is 3.50. The predicted octanol–water partition coefficient (Wildman–Crippen LogP) is 7.40. The number of aliphatic hydroxyl groups is 1. The van der Waals surface area contributed by atoms with Gasteiger partial charge in [-0.1, -0.05) is 62.4 Å². The zero-order valence-corrected chi connectivity index (χ0v) is 22.7. The largest absolute Gasteiger partial charge is 0.434 e. The zero-order valence-electron chi connectivity index (χ0n) is 22.7. The van der Waals surface area contributed by atoms with E-state index in [2.05, 4.69) is 29.1 Å². The van der Waals surface area contributed by atoms with Gasteiger partial charge in [-0.3, -0.25) is 0 Å². The Kier molecular flexibility index (Phi) is 7.16. The molecule has 0 spiro atoms. The summed E-state index contributed by atoms with van der Waals surface area (Å²) >= 11 is 0. The molecule has 2 heterocycles. The van der Waals surface area contributed by atoms with Gasteiger partial charge in [0.15, 0.2) is 11.5 Å². The van der Waals surface area contributed by atoms with Crippen molar-refractivity contribution in [1.82, 2.24) is 19.5 Å². The van der Waals surface area contributed by atoms with E-state index in [0.29, 0.717) is 29.3 Å². The molecular weight excluding hydrogens is 522 g/mol. The van der Waals surface area contributed by atoms with Crippen molar-refractivity contribution in [3.05, 3.63) is 82.8 Å². The third-order valence-corrected chi connectivity index (χ3v) is 7.15. The Bertz CT molecular complexity index is 1520. The van der Waals surface area contributed by atoms with Crippen LogP contribution in [-0.2, 0) is 25.0 Å². The molecule has 1 aliphatic carbocycles. The number of anilines is 1. The minimum atomic E-state index is -4.53. The van der Waals surface area contributed by atoms with E-state index in [1.807, 2.05) is 24.3 Å². The van der Waals surface area contributed by atoms with Crippen LogP contribution in [0.4, 0.5) is 23.4 Å². The van der Waals surface area contributed by atoms with Gasteiger partial charge in [0.2, 0.25) is 0 Å². The number of hydrogen-bond donors (Lipinski definition) is 2. The number of halogens is 4. The lowest BCUT2D eigenvalue weighted by atomic mass is 9.96. The van der Waals surface area contributed by atoms with E-state index < -0.39 is 17.7 Å². The van der Waals surface area contributed by atoms with Crippen LogP contribution < -0.4 is 5.32 Å². The molecule has 6 nitrogen and oxygen atoms in total. The van der Waals surface area contributed by atoms with Crippen molar-refractivity contribution in [2.45, 2.75) is 71.1 Å². The van der Waals surface area contributed by atoms with Crippen LogP contribution in [0.5, 0.6) is 0 Å². The monoisotopic (exact) mass is 553 g/mol. The van der Waals surface area contributed by atoms with E-state index in [0.717, 1.165) is 22.9 Å². The summed E-state index contributed by atoms with van der Waals surface area (Å²) in [6.07, 6.45) is -3.31. The number of hydrogen-bond acceptors (Lipinski definition) is 5. The van der Waals surface area contributed by atoms with Crippen molar-refractivity contribution in [3.63, 3.8) is 0 Å². The molecule has 4 aromatic rings. The quantitative estimate of drug-likeness (QED) is 0.233. The number of benzene rings is 2. The molecule has 0 fully saturated rings. The zero-order chi connectivity index (χ0) is 28.8. The molecule has 210 valence electrons. The van der Waals surface area contributed by atoms with Crippen LogP contribution in [0.2, 0.25) is 0 Å². The third kappa shape index (κ3) is 5.32. The van der Waals surface area contributed by atoms with Crippen LogP contribution in [0.3, 0.4) is 0 Å². The topological polar surface area (TPSA) is 75.9 Å². The molecule has 2 N–H and O–H groups in total. The minimum absolute atomic E-state index is 0.0186. The normalized spacial score (nSPS) is 17.1. The van der Waals surface area contributed by atoms with Crippen molar-refractivity contribution in [2.24, 2.45) is 0 Å². The Morgan fingerprint density at radius 3 is 2.35 bits per heavy atom.